The summed E-state index contributed by atoms with van der Waals surface area (Å²) >= 11 is 5.06. The molecule has 0 aromatic rings. The van der Waals surface area contributed by atoms with Gasteiger partial charge in [-0.1, -0.05) is 13.0 Å². The van der Waals surface area contributed by atoms with Gasteiger partial charge in [0.2, 0.25) is 5.24 Å². The van der Waals surface area contributed by atoms with Gasteiger partial charge in [-0.2, -0.15) is 0 Å². The number of hydrogen-bond acceptors (Lipinski definition) is 1. The molecule has 46 valence electrons. The molecule has 2 heteroatoms. The number of allylic oxidation sites excluding steroid dienone is 1. The van der Waals surface area contributed by atoms with E-state index in [9.17, 15) is 4.79 Å². The molecule has 0 N–H and O–H groups in total. The van der Waals surface area contributed by atoms with Gasteiger partial charge in [-0.15, -0.1) is 6.58 Å². The Kier molecular flexibility index (Phi) is 3.53. The SMILES string of the molecule is C=CC(C)CC(=O)Cl. The second-order valence-corrected chi connectivity index (χ2v) is 2.19. The first-order valence-corrected chi connectivity index (χ1v) is 2.85. The Bertz CT molecular complexity index is 98.7. The van der Waals surface area contributed by atoms with Gasteiger partial charge in [-0.05, 0) is 17.5 Å². The van der Waals surface area contributed by atoms with Crippen LogP contribution in [0, 0.1) is 5.92 Å². The topological polar surface area (TPSA) is 17.1 Å². The Labute approximate surface area is 54.3 Å². The summed E-state index contributed by atoms with van der Waals surface area (Å²) in [7, 11) is 0. The number of rotatable bonds is 3. The fourth-order valence-corrected chi connectivity index (χ4v) is 0.580. The molecule has 0 amide bonds. The molecular weight excluding hydrogens is 124 g/mol. The standard InChI is InChI=1S/C6H9ClO/c1-3-5(2)4-6(7)8/h3,5H,1,4H2,2H3. The molecule has 0 heterocycles. The van der Waals surface area contributed by atoms with Gasteiger partial charge in [0.15, 0.2) is 0 Å². The summed E-state index contributed by atoms with van der Waals surface area (Å²) in [5, 5.41) is -0.294. The van der Waals surface area contributed by atoms with Crippen molar-refractivity contribution in [2.24, 2.45) is 5.92 Å². The summed E-state index contributed by atoms with van der Waals surface area (Å²) in [6.45, 7) is 5.40. The van der Waals surface area contributed by atoms with Crippen molar-refractivity contribution >= 4 is 16.8 Å². The monoisotopic (exact) mass is 132 g/mol. The molecule has 0 fully saturated rings. The van der Waals surface area contributed by atoms with Crippen molar-refractivity contribution in [1.82, 2.24) is 0 Å². The summed E-state index contributed by atoms with van der Waals surface area (Å²) in [6, 6.07) is 0. The third kappa shape index (κ3) is 3.88. The van der Waals surface area contributed by atoms with E-state index in [0.717, 1.165) is 0 Å². The van der Waals surface area contributed by atoms with Crippen LogP contribution in [-0.4, -0.2) is 5.24 Å². The van der Waals surface area contributed by atoms with E-state index < -0.39 is 0 Å². The van der Waals surface area contributed by atoms with Crippen molar-refractivity contribution in [1.29, 1.82) is 0 Å². The highest BCUT2D eigenvalue weighted by Crippen LogP contribution is 2.03. The minimum atomic E-state index is -0.294. The Balaban J connectivity index is 3.38. The van der Waals surface area contributed by atoms with Crippen LogP contribution < -0.4 is 0 Å². The average molecular weight is 133 g/mol. The molecule has 0 radical (unpaired) electrons. The van der Waals surface area contributed by atoms with Crippen molar-refractivity contribution in [3.63, 3.8) is 0 Å². The molecule has 0 aromatic carbocycles. The first-order valence-electron chi connectivity index (χ1n) is 2.47. The van der Waals surface area contributed by atoms with E-state index in [-0.39, 0.29) is 11.2 Å². The van der Waals surface area contributed by atoms with E-state index in [1.54, 1.807) is 6.08 Å². The Hall–Kier alpha value is -0.300. The van der Waals surface area contributed by atoms with Crippen LogP contribution in [0.3, 0.4) is 0 Å². The average Bonchev–Trinajstić information content (AvgIpc) is 1.65. The molecule has 0 aliphatic rings. The molecular formula is C6H9ClO. The van der Waals surface area contributed by atoms with Crippen LogP contribution in [0.1, 0.15) is 13.3 Å². The van der Waals surface area contributed by atoms with Crippen LogP contribution in [0.25, 0.3) is 0 Å². The molecule has 1 unspecified atom stereocenters. The zero-order valence-corrected chi connectivity index (χ0v) is 5.61. The van der Waals surface area contributed by atoms with Gasteiger partial charge in [0, 0.05) is 6.42 Å². The lowest BCUT2D eigenvalue weighted by Crippen LogP contribution is -1.94. The van der Waals surface area contributed by atoms with Crippen LogP contribution in [0.5, 0.6) is 0 Å². The van der Waals surface area contributed by atoms with E-state index in [4.69, 9.17) is 11.6 Å². The van der Waals surface area contributed by atoms with Crippen LogP contribution >= 0.6 is 11.6 Å². The molecule has 8 heavy (non-hydrogen) atoms. The van der Waals surface area contributed by atoms with Gasteiger partial charge in [-0.3, -0.25) is 4.79 Å². The summed E-state index contributed by atoms with van der Waals surface area (Å²) in [5.74, 6) is 0.208. The smallest absolute Gasteiger partial charge is 0.222 e. The van der Waals surface area contributed by atoms with Gasteiger partial charge < -0.3 is 0 Å². The predicted molar refractivity (Wildman–Crippen MR) is 34.8 cm³/mol. The summed E-state index contributed by atoms with van der Waals surface area (Å²) in [4.78, 5) is 10.1. The zero-order chi connectivity index (χ0) is 6.57. The first kappa shape index (κ1) is 7.70. The molecule has 1 atom stereocenters. The number of carbonyl (C=O) groups is 1. The molecule has 0 spiro atoms. The van der Waals surface area contributed by atoms with Crippen molar-refractivity contribution in [2.75, 3.05) is 0 Å². The quantitative estimate of drug-likeness (QED) is 0.424. The van der Waals surface area contributed by atoms with E-state index in [2.05, 4.69) is 6.58 Å². The molecule has 0 saturated heterocycles. The van der Waals surface area contributed by atoms with Gasteiger partial charge >= 0.3 is 0 Å². The van der Waals surface area contributed by atoms with Crippen molar-refractivity contribution in [2.45, 2.75) is 13.3 Å². The lowest BCUT2D eigenvalue weighted by atomic mass is 10.1. The van der Waals surface area contributed by atoms with E-state index in [1.807, 2.05) is 6.92 Å². The fourth-order valence-electron chi connectivity index (χ4n) is 0.336. The largest absolute Gasteiger partial charge is 0.281 e. The van der Waals surface area contributed by atoms with Gasteiger partial charge in [0.1, 0.15) is 0 Å². The summed E-state index contributed by atoms with van der Waals surface area (Å²) in [5.41, 5.74) is 0. The van der Waals surface area contributed by atoms with E-state index >= 15 is 0 Å². The number of hydrogen-bond donors (Lipinski definition) is 0. The molecule has 0 aromatic heterocycles. The molecule has 0 rings (SSSR count). The van der Waals surface area contributed by atoms with Crippen molar-refractivity contribution < 1.29 is 4.79 Å². The Morgan fingerprint density at radius 2 is 2.50 bits per heavy atom. The van der Waals surface area contributed by atoms with E-state index in [0.29, 0.717) is 6.42 Å². The van der Waals surface area contributed by atoms with Gasteiger partial charge in [0.05, 0.1) is 0 Å². The lowest BCUT2D eigenvalue weighted by molar-refractivity contribution is -0.112. The van der Waals surface area contributed by atoms with Crippen LogP contribution in [-0.2, 0) is 4.79 Å². The molecule has 1 nitrogen and oxygen atoms in total. The highest BCUT2D eigenvalue weighted by Gasteiger charge is 2.00. The normalized spacial score (nSPS) is 12.8. The maximum atomic E-state index is 10.1. The van der Waals surface area contributed by atoms with Gasteiger partial charge in [0.25, 0.3) is 0 Å². The highest BCUT2D eigenvalue weighted by molar-refractivity contribution is 6.63. The van der Waals surface area contributed by atoms with Gasteiger partial charge in [-0.25, -0.2) is 0 Å². The number of carbonyl (C=O) groups excluding carboxylic acids is 1. The van der Waals surface area contributed by atoms with Crippen molar-refractivity contribution in [3.05, 3.63) is 12.7 Å². The minimum absolute atomic E-state index is 0.208. The molecule has 0 aliphatic carbocycles. The third-order valence-electron chi connectivity index (χ3n) is 0.885. The second-order valence-electron chi connectivity index (χ2n) is 1.77. The summed E-state index contributed by atoms with van der Waals surface area (Å²) in [6.07, 6.45) is 2.10. The molecule has 0 bridgehead atoms. The van der Waals surface area contributed by atoms with Crippen LogP contribution in [0.15, 0.2) is 12.7 Å². The second kappa shape index (κ2) is 3.67. The van der Waals surface area contributed by atoms with Crippen LogP contribution in [0.2, 0.25) is 0 Å². The highest BCUT2D eigenvalue weighted by atomic mass is 35.5. The maximum Gasteiger partial charge on any atom is 0.222 e. The molecule has 0 saturated carbocycles. The molecule has 0 aliphatic heterocycles. The summed E-state index contributed by atoms with van der Waals surface area (Å²) < 4.78 is 0. The zero-order valence-electron chi connectivity index (χ0n) is 4.86. The number of halogens is 1. The predicted octanol–water partition coefficient (Wildman–Crippen LogP) is 1.96. The fraction of sp³-hybridized carbons (Fsp3) is 0.500. The Morgan fingerprint density at radius 3 is 2.62 bits per heavy atom. The minimum Gasteiger partial charge on any atom is -0.281 e. The van der Waals surface area contributed by atoms with E-state index in [1.165, 1.54) is 0 Å². The third-order valence-corrected chi connectivity index (χ3v) is 1.04. The Morgan fingerprint density at radius 1 is 2.00 bits per heavy atom. The lowest BCUT2D eigenvalue weighted by Gasteiger charge is -1.96. The first-order chi connectivity index (χ1) is 3.66. The van der Waals surface area contributed by atoms with Crippen LogP contribution in [0.4, 0.5) is 0 Å². The van der Waals surface area contributed by atoms with Crippen molar-refractivity contribution in [3.8, 4) is 0 Å². The maximum absolute atomic E-state index is 10.1.